The first-order valence-corrected chi connectivity index (χ1v) is 10.1. The number of hydrogen-bond acceptors (Lipinski definition) is 8. The van der Waals surface area contributed by atoms with Crippen molar-refractivity contribution in [2.45, 2.75) is 12.1 Å². The average molecular weight is 436 g/mol. The summed E-state index contributed by atoms with van der Waals surface area (Å²) in [6, 6.07) is 13.0. The lowest BCUT2D eigenvalue weighted by atomic mass is 10.1. The maximum absolute atomic E-state index is 12.7. The van der Waals surface area contributed by atoms with Gasteiger partial charge in [-0.05, 0) is 30.3 Å². The third-order valence-corrected chi connectivity index (χ3v) is 5.21. The maximum atomic E-state index is 12.7. The van der Waals surface area contributed by atoms with Crippen LogP contribution >= 0.6 is 0 Å². The SMILES string of the molecule is COc1cccc(-c2ccc(=O)n(C3COCC3NC(=O)c3ccc(N(C)C)nn3)n2)c1. The molecule has 32 heavy (non-hydrogen) atoms. The molecule has 2 atom stereocenters. The number of ether oxygens (including phenoxy) is 2. The molecule has 1 amide bonds. The van der Waals surface area contributed by atoms with Crippen molar-refractivity contribution < 1.29 is 14.3 Å². The van der Waals surface area contributed by atoms with E-state index in [4.69, 9.17) is 9.47 Å². The van der Waals surface area contributed by atoms with Crippen LogP contribution in [0.2, 0.25) is 0 Å². The number of nitrogens with zero attached hydrogens (tertiary/aromatic N) is 5. The second-order valence-corrected chi connectivity index (χ2v) is 7.59. The molecule has 10 heteroatoms. The lowest BCUT2D eigenvalue weighted by molar-refractivity contribution is 0.0918. The van der Waals surface area contributed by atoms with Crippen molar-refractivity contribution >= 4 is 11.7 Å². The summed E-state index contributed by atoms with van der Waals surface area (Å²) in [6.07, 6.45) is 0. The van der Waals surface area contributed by atoms with E-state index < -0.39 is 12.1 Å². The first-order valence-electron chi connectivity index (χ1n) is 10.1. The zero-order valence-corrected chi connectivity index (χ0v) is 18.1. The number of hydrogen-bond donors (Lipinski definition) is 1. The van der Waals surface area contributed by atoms with Gasteiger partial charge in [-0.1, -0.05) is 12.1 Å². The minimum absolute atomic E-state index is 0.187. The highest BCUT2D eigenvalue weighted by atomic mass is 16.5. The number of amides is 1. The van der Waals surface area contributed by atoms with Gasteiger partial charge in [0.1, 0.15) is 11.8 Å². The van der Waals surface area contributed by atoms with E-state index >= 15 is 0 Å². The topological polar surface area (TPSA) is 111 Å². The Morgan fingerprint density at radius 3 is 2.72 bits per heavy atom. The highest BCUT2D eigenvalue weighted by Crippen LogP contribution is 2.23. The number of methoxy groups -OCH3 is 1. The summed E-state index contributed by atoms with van der Waals surface area (Å²) in [7, 11) is 5.28. The summed E-state index contributed by atoms with van der Waals surface area (Å²) in [5, 5.41) is 15.5. The Balaban J connectivity index is 1.56. The Kier molecular flexibility index (Phi) is 6.13. The Morgan fingerprint density at radius 2 is 2.00 bits per heavy atom. The van der Waals surface area contributed by atoms with Crippen molar-refractivity contribution in [3.05, 3.63) is 64.6 Å². The number of benzene rings is 1. The molecule has 1 N–H and O–H groups in total. The number of anilines is 1. The van der Waals surface area contributed by atoms with Crippen LogP contribution in [0.3, 0.4) is 0 Å². The molecule has 1 aliphatic heterocycles. The van der Waals surface area contributed by atoms with Crippen LogP contribution in [0.15, 0.2) is 53.3 Å². The van der Waals surface area contributed by atoms with Gasteiger partial charge in [0.05, 0.1) is 32.1 Å². The van der Waals surface area contributed by atoms with E-state index in [1.54, 1.807) is 30.2 Å². The predicted molar refractivity (Wildman–Crippen MR) is 118 cm³/mol. The van der Waals surface area contributed by atoms with Gasteiger partial charge in [0.25, 0.3) is 11.5 Å². The van der Waals surface area contributed by atoms with Gasteiger partial charge in [-0.3, -0.25) is 9.59 Å². The van der Waals surface area contributed by atoms with Crippen LogP contribution in [0, 0.1) is 0 Å². The van der Waals surface area contributed by atoms with Crippen molar-refractivity contribution in [2.24, 2.45) is 0 Å². The summed E-state index contributed by atoms with van der Waals surface area (Å²) < 4.78 is 12.2. The molecular weight excluding hydrogens is 412 g/mol. The fraction of sp³-hybridized carbons (Fsp3) is 0.318. The minimum atomic E-state index is -0.453. The van der Waals surface area contributed by atoms with Crippen LogP contribution in [0.4, 0.5) is 5.82 Å². The fourth-order valence-corrected chi connectivity index (χ4v) is 3.45. The van der Waals surface area contributed by atoms with Crippen LogP contribution in [0.5, 0.6) is 5.75 Å². The molecule has 0 saturated carbocycles. The standard InChI is InChI=1S/C22H24N6O4/c1-27(2)20-9-7-17(24-25-20)22(30)23-18-12-32-13-19(18)28-21(29)10-8-16(26-28)14-5-4-6-15(11-14)31-3/h4-11,18-19H,12-13H2,1-3H3,(H,23,30). The quantitative estimate of drug-likeness (QED) is 0.613. The third-order valence-electron chi connectivity index (χ3n) is 5.21. The van der Waals surface area contributed by atoms with Gasteiger partial charge in [-0.15, -0.1) is 10.2 Å². The minimum Gasteiger partial charge on any atom is -0.497 e. The molecule has 3 aromatic rings. The first kappa shape index (κ1) is 21.4. The van der Waals surface area contributed by atoms with E-state index in [-0.39, 0.29) is 30.4 Å². The molecular formula is C22H24N6O4. The Bertz CT molecular complexity index is 1160. The van der Waals surface area contributed by atoms with Crippen LogP contribution in [-0.2, 0) is 4.74 Å². The average Bonchev–Trinajstić information content (AvgIpc) is 3.27. The molecule has 4 rings (SSSR count). The summed E-state index contributed by atoms with van der Waals surface area (Å²) in [5.74, 6) is 0.951. The molecule has 2 unspecified atom stereocenters. The summed E-state index contributed by atoms with van der Waals surface area (Å²) in [5.41, 5.74) is 1.34. The molecule has 10 nitrogen and oxygen atoms in total. The lowest BCUT2D eigenvalue weighted by Gasteiger charge is -2.20. The number of carbonyl (C=O) groups is 1. The molecule has 0 bridgehead atoms. The Morgan fingerprint density at radius 1 is 1.16 bits per heavy atom. The number of nitrogens with one attached hydrogen (secondary N) is 1. The van der Waals surface area contributed by atoms with Crippen molar-refractivity contribution in [1.82, 2.24) is 25.3 Å². The van der Waals surface area contributed by atoms with Crippen molar-refractivity contribution in [1.29, 1.82) is 0 Å². The second kappa shape index (κ2) is 9.15. The van der Waals surface area contributed by atoms with Crippen molar-refractivity contribution in [3.63, 3.8) is 0 Å². The smallest absolute Gasteiger partial charge is 0.272 e. The summed E-state index contributed by atoms with van der Waals surface area (Å²) in [6.45, 7) is 0.516. The molecule has 2 aromatic heterocycles. The molecule has 0 spiro atoms. The lowest BCUT2D eigenvalue weighted by Crippen LogP contribution is -2.44. The molecule has 1 fully saturated rings. The van der Waals surface area contributed by atoms with Gasteiger partial charge >= 0.3 is 0 Å². The van der Waals surface area contributed by atoms with Crippen LogP contribution < -0.4 is 20.5 Å². The second-order valence-electron chi connectivity index (χ2n) is 7.59. The molecule has 1 aliphatic rings. The zero-order valence-electron chi connectivity index (χ0n) is 18.1. The van der Waals surface area contributed by atoms with E-state index in [1.165, 1.54) is 10.7 Å². The first-order chi connectivity index (χ1) is 15.5. The highest BCUT2D eigenvalue weighted by Gasteiger charge is 2.33. The van der Waals surface area contributed by atoms with Crippen LogP contribution in [0.25, 0.3) is 11.3 Å². The monoisotopic (exact) mass is 436 g/mol. The number of aromatic nitrogens is 4. The van der Waals surface area contributed by atoms with Gasteiger partial charge in [0.2, 0.25) is 0 Å². The van der Waals surface area contributed by atoms with Gasteiger partial charge in [-0.25, -0.2) is 4.68 Å². The Hall–Kier alpha value is -3.79. The molecule has 166 valence electrons. The molecule has 1 aromatic carbocycles. The molecule has 1 saturated heterocycles. The van der Waals surface area contributed by atoms with E-state index in [9.17, 15) is 9.59 Å². The number of carbonyl (C=O) groups excluding carboxylic acids is 1. The fourth-order valence-electron chi connectivity index (χ4n) is 3.45. The van der Waals surface area contributed by atoms with E-state index in [2.05, 4.69) is 20.6 Å². The van der Waals surface area contributed by atoms with Crippen molar-refractivity contribution in [3.8, 4) is 17.0 Å². The van der Waals surface area contributed by atoms with E-state index in [0.717, 1.165) is 5.56 Å². The Labute approximate surface area is 184 Å². The number of rotatable bonds is 6. The normalized spacial score (nSPS) is 17.7. The summed E-state index contributed by atoms with van der Waals surface area (Å²) in [4.78, 5) is 27.1. The van der Waals surface area contributed by atoms with Gasteiger partial charge in [0, 0.05) is 25.7 Å². The van der Waals surface area contributed by atoms with Gasteiger partial charge < -0.3 is 19.7 Å². The highest BCUT2D eigenvalue weighted by molar-refractivity contribution is 5.92. The molecule has 0 aliphatic carbocycles. The zero-order chi connectivity index (χ0) is 22.7. The van der Waals surface area contributed by atoms with Gasteiger partial charge in [0.15, 0.2) is 11.5 Å². The molecule has 0 radical (unpaired) electrons. The van der Waals surface area contributed by atoms with Crippen molar-refractivity contribution in [2.75, 3.05) is 39.3 Å². The maximum Gasteiger partial charge on any atom is 0.272 e. The third kappa shape index (κ3) is 4.45. The van der Waals surface area contributed by atoms with Crippen LogP contribution in [0.1, 0.15) is 16.5 Å². The van der Waals surface area contributed by atoms with E-state index in [0.29, 0.717) is 17.3 Å². The van der Waals surface area contributed by atoms with Crippen LogP contribution in [-0.4, -0.2) is 66.3 Å². The van der Waals surface area contributed by atoms with E-state index in [1.807, 2.05) is 38.4 Å². The van der Waals surface area contributed by atoms with Gasteiger partial charge in [-0.2, -0.15) is 5.10 Å². The molecule has 3 heterocycles. The predicted octanol–water partition coefficient (Wildman–Crippen LogP) is 1.14. The summed E-state index contributed by atoms with van der Waals surface area (Å²) >= 11 is 0. The largest absolute Gasteiger partial charge is 0.497 e.